The Morgan fingerprint density at radius 3 is 1.30 bits per heavy atom. The van der Waals surface area contributed by atoms with Crippen molar-refractivity contribution in [3.05, 3.63) is 60.8 Å². The number of hydrogen-bond donors (Lipinski definition) is 12. The van der Waals surface area contributed by atoms with Gasteiger partial charge in [-0.05, 0) is 57.8 Å². The summed E-state index contributed by atoms with van der Waals surface area (Å²) < 4.78 is 34.2. The Hall–Kier alpha value is -2.51. The number of carbonyl (C=O) groups excluding carboxylic acids is 1. The van der Waals surface area contributed by atoms with Crippen LogP contribution in [0.3, 0.4) is 0 Å². The molecule has 0 radical (unpaired) electrons. The molecular formula is C64H113NO18. The fourth-order valence-electron chi connectivity index (χ4n) is 10.6. The Morgan fingerprint density at radius 1 is 0.446 bits per heavy atom. The van der Waals surface area contributed by atoms with Gasteiger partial charge in [0.05, 0.1) is 38.6 Å². The Morgan fingerprint density at radius 2 is 0.831 bits per heavy atom. The summed E-state index contributed by atoms with van der Waals surface area (Å²) in [5, 5.41) is 120. The summed E-state index contributed by atoms with van der Waals surface area (Å²) >= 11 is 0. The second-order valence-electron chi connectivity index (χ2n) is 22.8. The van der Waals surface area contributed by atoms with E-state index in [9.17, 15) is 61.0 Å². The summed E-state index contributed by atoms with van der Waals surface area (Å²) in [7, 11) is 0. The van der Waals surface area contributed by atoms with Crippen LogP contribution in [0.15, 0.2) is 60.8 Å². The van der Waals surface area contributed by atoms with Crippen molar-refractivity contribution >= 4 is 5.91 Å². The third-order valence-corrected chi connectivity index (χ3v) is 15.8. The first kappa shape index (κ1) is 74.7. The van der Waals surface area contributed by atoms with Crippen molar-refractivity contribution in [3.63, 3.8) is 0 Å². The van der Waals surface area contributed by atoms with Crippen molar-refractivity contribution < 1.29 is 89.4 Å². The van der Waals surface area contributed by atoms with Crippen molar-refractivity contribution in [2.45, 2.75) is 311 Å². The van der Waals surface area contributed by atoms with Crippen molar-refractivity contribution in [3.8, 4) is 0 Å². The van der Waals surface area contributed by atoms with E-state index in [1.165, 1.54) is 103 Å². The summed E-state index contributed by atoms with van der Waals surface area (Å²) in [4.78, 5) is 13.3. The second-order valence-corrected chi connectivity index (χ2v) is 22.8. The number of unbranched alkanes of at least 4 members (excludes halogenated alkanes) is 23. The highest BCUT2D eigenvalue weighted by molar-refractivity contribution is 5.76. The molecule has 0 aliphatic carbocycles. The highest BCUT2D eigenvalue weighted by atomic mass is 16.8. The van der Waals surface area contributed by atoms with Crippen LogP contribution >= 0.6 is 0 Å². The Kier molecular flexibility index (Phi) is 42.0. The van der Waals surface area contributed by atoms with Crippen LogP contribution in [0.25, 0.3) is 0 Å². The molecule has 0 aromatic carbocycles. The molecule has 3 rings (SSSR count). The molecule has 0 aromatic rings. The third-order valence-electron chi connectivity index (χ3n) is 15.8. The SMILES string of the molecule is CC/C=C\C/C=C\C/C=C\C/C=C\CCCCCCCCCCCCCCCCC(=O)NC(COC1OC(CO)C(OC2OC(CO)C(OC3OC(CO)C(O)C(O)C3O)C(O)C2O)C(O)C1O)C(O)/C=C/CCCCCCCCCCC. The van der Waals surface area contributed by atoms with Gasteiger partial charge >= 0.3 is 0 Å². The van der Waals surface area contributed by atoms with Gasteiger partial charge in [0.1, 0.15) is 73.2 Å². The Balaban J connectivity index is 1.41. The lowest BCUT2D eigenvalue weighted by atomic mass is 9.96. The largest absolute Gasteiger partial charge is 0.394 e. The van der Waals surface area contributed by atoms with E-state index >= 15 is 0 Å². The molecule has 17 atom stereocenters. The van der Waals surface area contributed by atoms with Gasteiger partial charge < -0.3 is 89.9 Å². The number of aliphatic hydroxyl groups is 11. The monoisotopic (exact) mass is 1180 g/mol. The fourth-order valence-corrected chi connectivity index (χ4v) is 10.6. The molecule has 12 N–H and O–H groups in total. The maximum absolute atomic E-state index is 13.3. The van der Waals surface area contributed by atoms with E-state index < -0.39 is 124 Å². The number of nitrogens with one attached hydrogen (secondary N) is 1. The lowest BCUT2D eigenvalue weighted by Gasteiger charge is -2.48. The Bertz CT molecular complexity index is 1750. The number of ether oxygens (including phenoxy) is 6. The first-order valence-electron chi connectivity index (χ1n) is 32.0. The molecule has 3 fully saturated rings. The number of amides is 1. The molecule has 83 heavy (non-hydrogen) atoms. The van der Waals surface area contributed by atoms with Crippen molar-refractivity contribution in [1.29, 1.82) is 0 Å². The standard InChI is InChI=1S/C64H113NO18/c1-3-5-7-9-11-13-15-16-17-18-19-20-21-22-23-24-25-26-27-28-29-30-32-34-36-38-40-42-52(70)65-47(48(69)41-39-37-35-33-31-14-12-10-8-6-4-2)46-78-62-58(76)55(73)60(50(44-67)80-62)83-64-59(77)56(74)61(51(45-68)81-64)82-63-57(75)54(72)53(71)49(43-66)79-63/h5,7,11,13,16-17,19-20,39,41,47-51,53-64,66-69,71-77H,3-4,6,8-10,12,14-15,18,21-38,40,42-46H2,1-2H3,(H,65,70)/b7-5-,13-11-,17-16-,20-19-,41-39+. The van der Waals surface area contributed by atoms with Gasteiger partial charge in [-0.2, -0.15) is 0 Å². The minimum absolute atomic E-state index is 0.240. The molecule has 19 heteroatoms. The molecule has 0 saturated carbocycles. The molecule has 1 amide bonds. The quantitative estimate of drug-likeness (QED) is 0.0220. The van der Waals surface area contributed by atoms with E-state index in [4.69, 9.17) is 28.4 Å². The zero-order valence-electron chi connectivity index (χ0n) is 50.4. The molecule has 0 bridgehead atoms. The fraction of sp³-hybridized carbons (Fsp3) is 0.828. The zero-order chi connectivity index (χ0) is 60.5. The van der Waals surface area contributed by atoms with E-state index in [0.717, 1.165) is 77.0 Å². The van der Waals surface area contributed by atoms with Crippen LogP contribution in [-0.4, -0.2) is 193 Å². The van der Waals surface area contributed by atoms with Crippen molar-refractivity contribution in [2.75, 3.05) is 26.4 Å². The summed E-state index contributed by atoms with van der Waals surface area (Å²) in [5.74, 6) is -0.280. The van der Waals surface area contributed by atoms with Crippen molar-refractivity contribution in [1.82, 2.24) is 5.32 Å². The van der Waals surface area contributed by atoms with E-state index in [0.29, 0.717) is 6.42 Å². The van der Waals surface area contributed by atoms with Gasteiger partial charge in [-0.3, -0.25) is 4.79 Å². The number of allylic oxidation sites excluding steroid dienone is 9. The predicted molar refractivity (Wildman–Crippen MR) is 318 cm³/mol. The number of hydrogen-bond acceptors (Lipinski definition) is 18. The van der Waals surface area contributed by atoms with Gasteiger partial charge in [0.15, 0.2) is 18.9 Å². The van der Waals surface area contributed by atoms with Crippen LogP contribution in [0.5, 0.6) is 0 Å². The molecule has 482 valence electrons. The number of rotatable bonds is 47. The first-order chi connectivity index (χ1) is 40.3. The molecule has 3 heterocycles. The molecule has 3 aliphatic rings. The van der Waals surface area contributed by atoms with E-state index in [-0.39, 0.29) is 18.9 Å². The first-order valence-corrected chi connectivity index (χ1v) is 32.0. The Labute approximate surface area is 496 Å². The molecule has 19 nitrogen and oxygen atoms in total. The normalized spacial score (nSPS) is 29.8. The highest BCUT2D eigenvalue weighted by Crippen LogP contribution is 2.33. The number of carbonyl (C=O) groups is 1. The maximum Gasteiger partial charge on any atom is 0.220 e. The molecule has 3 aliphatic heterocycles. The van der Waals surface area contributed by atoms with E-state index in [1.807, 2.05) is 6.08 Å². The van der Waals surface area contributed by atoms with Gasteiger partial charge in [0.2, 0.25) is 5.91 Å². The topological polar surface area (TPSA) is 307 Å². The van der Waals surface area contributed by atoms with Crippen molar-refractivity contribution in [2.24, 2.45) is 0 Å². The minimum atomic E-state index is -1.98. The summed E-state index contributed by atoms with van der Waals surface area (Å²) in [6.07, 6.45) is 27.8. The molecular weight excluding hydrogens is 1070 g/mol. The summed E-state index contributed by atoms with van der Waals surface area (Å²) in [5.41, 5.74) is 0. The van der Waals surface area contributed by atoms with E-state index in [2.05, 4.69) is 67.8 Å². The van der Waals surface area contributed by atoms with Gasteiger partial charge in [-0.25, -0.2) is 0 Å². The van der Waals surface area contributed by atoms with Crippen LogP contribution in [0.4, 0.5) is 0 Å². The average Bonchev–Trinajstić information content (AvgIpc) is 3.62. The highest BCUT2D eigenvalue weighted by Gasteiger charge is 2.53. The van der Waals surface area contributed by atoms with E-state index in [1.54, 1.807) is 6.08 Å². The zero-order valence-corrected chi connectivity index (χ0v) is 50.4. The van der Waals surface area contributed by atoms with Gasteiger partial charge in [-0.1, -0.05) is 203 Å². The van der Waals surface area contributed by atoms with Crippen LogP contribution in [0.1, 0.15) is 206 Å². The predicted octanol–water partition coefficient (Wildman–Crippen LogP) is 6.82. The minimum Gasteiger partial charge on any atom is -0.394 e. The number of aliphatic hydroxyl groups excluding tert-OH is 11. The smallest absolute Gasteiger partial charge is 0.220 e. The molecule has 0 spiro atoms. The van der Waals surface area contributed by atoms with Crippen LogP contribution in [0.2, 0.25) is 0 Å². The van der Waals surface area contributed by atoms with Crippen LogP contribution in [-0.2, 0) is 33.2 Å². The third kappa shape index (κ3) is 29.8. The van der Waals surface area contributed by atoms with Gasteiger partial charge in [-0.15, -0.1) is 0 Å². The molecule has 0 aromatic heterocycles. The summed E-state index contributed by atoms with van der Waals surface area (Å²) in [6, 6.07) is -0.973. The molecule has 3 saturated heterocycles. The summed E-state index contributed by atoms with van der Waals surface area (Å²) in [6.45, 7) is 1.58. The van der Waals surface area contributed by atoms with Gasteiger partial charge in [0.25, 0.3) is 0 Å². The average molecular weight is 1180 g/mol. The van der Waals surface area contributed by atoms with Gasteiger partial charge in [0, 0.05) is 6.42 Å². The van der Waals surface area contributed by atoms with Crippen LogP contribution < -0.4 is 5.32 Å². The maximum atomic E-state index is 13.3. The molecule has 17 unspecified atom stereocenters. The van der Waals surface area contributed by atoms with Crippen LogP contribution in [0, 0.1) is 0 Å². The second kappa shape index (κ2) is 46.6. The lowest BCUT2D eigenvalue weighted by Crippen LogP contribution is -2.66. The lowest BCUT2D eigenvalue weighted by molar-refractivity contribution is -0.379.